The van der Waals surface area contributed by atoms with E-state index in [1.165, 1.54) is 6.07 Å². The molecule has 2 N–H and O–H groups in total. The Hall–Kier alpha value is -2.76. The van der Waals surface area contributed by atoms with E-state index in [4.69, 9.17) is 0 Å². The highest BCUT2D eigenvalue weighted by Gasteiger charge is 2.45. The molecule has 1 aliphatic rings. The summed E-state index contributed by atoms with van der Waals surface area (Å²) >= 11 is 0. The van der Waals surface area contributed by atoms with E-state index in [2.05, 4.69) is 5.32 Å². The second kappa shape index (κ2) is 6.86. The summed E-state index contributed by atoms with van der Waals surface area (Å²) in [5.41, 5.74) is 2.83. The number of halogens is 2. The number of carboxylic acids is 1. The number of carbonyl (C=O) groups excluding carboxylic acids is 1. The van der Waals surface area contributed by atoms with Gasteiger partial charge in [0.1, 0.15) is 0 Å². The van der Waals surface area contributed by atoms with Crippen LogP contribution in [0.4, 0.5) is 8.78 Å². The monoisotopic (exact) mass is 359 g/mol. The number of carbonyl (C=O) groups is 2. The first-order chi connectivity index (χ1) is 12.3. The summed E-state index contributed by atoms with van der Waals surface area (Å²) in [6.45, 7) is 3.69. The predicted molar refractivity (Wildman–Crippen MR) is 91.6 cm³/mol. The number of rotatable bonds is 5. The SMILES string of the molecule is Cc1cccc(C(NC(=O)C2CC2c2ccc(F)c(F)c2)C(=O)O)c1C. The van der Waals surface area contributed by atoms with E-state index in [1.54, 1.807) is 12.1 Å². The highest BCUT2D eigenvalue weighted by molar-refractivity contribution is 5.88. The Kier molecular flexibility index (Phi) is 4.76. The van der Waals surface area contributed by atoms with Gasteiger partial charge in [-0.3, -0.25) is 4.79 Å². The lowest BCUT2D eigenvalue weighted by Crippen LogP contribution is -2.35. The molecule has 26 heavy (non-hydrogen) atoms. The van der Waals surface area contributed by atoms with Gasteiger partial charge in [0, 0.05) is 5.92 Å². The fourth-order valence-electron chi connectivity index (χ4n) is 3.20. The van der Waals surface area contributed by atoms with Crippen molar-refractivity contribution >= 4 is 11.9 Å². The number of hydrogen-bond donors (Lipinski definition) is 2. The van der Waals surface area contributed by atoms with Crippen LogP contribution >= 0.6 is 0 Å². The Morgan fingerprint density at radius 2 is 1.88 bits per heavy atom. The van der Waals surface area contributed by atoms with Gasteiger partial charge in [-0.1, -0.05) is 24.3 Å². The molecule has 1 saturated carbocycles. The molecule has 1 aliphatic carbocycles. The zero-order chi connectivity index (χ0) is 19.0. The van der Waals surface area contributed by atoms with Crippen LogP contribution in [0.2, 0.25) is 0 Å². The van der Waals surface area contributed by atoms with Gasteiger partial charge in [-0.15, -0.1) is 0 Å². The van der Waals surface area contributed by atoms with E-state index in [9.17, 15) is 23.5 Å². The van der Waals surface area contributed by atoms with Crippen molar-refractivity contribution in [2.75, 3.05) is 0 Å². The molecule has 2 aromatic carbocycles. The fraction of sp³-hybridized carbons (Fsp3) is 0.300. The van der Waals surface area contributed by atoms with E-state index in [0.29, 0.717) is 17.5 Å². The van der Waals surface area contributed by atoms with Crippen LogP contribution in [0.15, 0.2) is 36.4 Å². The molecule has 136 valence electrons. The molecule has 0 saturated heterocycles. The van der Waals surface area contributed by atoms with Gasteiger partial charge in [-0.25, -0.2) is 13.6 Å². The molecular weight excluding hydrogens is 340 g/mol. The zero-order valence-electron chi connectivity index (χ0n) is 14.4. The van der Waals surface area contributed by atoms with Crippen LogP contribution in [0.25, 0.3) is 0 Å². The molecule has 3 atom stereocenters. The number of carboxylic acid groups (broad SMARTS) is 1. The molecule has 0 bridgehead atoms. The van der Waals surface area contributed by atoms with Crippen LogP contribution < -0.4 is 5.32 Å². The van der Waals surface area contributed by atoms with Crippen LogP contribution in [-0.4, -0.2) is 17.0 Å². The Morgan fingerprint density at radius 1 is 1.15 bits per heavy atom. The molecule has 4 nitrogen and oxygen atoms in total. The Bertz CT molecular complexity index is 881. The summed E-state index contributed by atoms with van der Waals surface area (Å²) in [4.78, 5) is 24.2. The summed E-state index contributed by atoms with van der Waals surface area (Å²) in [6, 6.07) is 7.74. The summed E-state index contributed by atoms with van der Waals surface area (Å²) < 4.78 is 26.4. The molecule has 0 heterocycles. The van der Waals surface area contributed by atoms with E-state index >= 15 is 0 Å². The van der Waals surface area contributed by atoms with Crippen molar-refractivity contribution in [3.63, 3.8) is 0 Å². The van der Waals surface area contributed by atoms with E-state index in [1.807, 2.05) is 19.9 Å². The largest absolute Gasteiger partial charge is 0.479 e. The molecule has 0 radical (unpaired) electrons. The normalized spacial score (nSPS) is 19.7. The van der Waals surface area contributed by atoms with E-state index in [-0.39, 0.29) is 5.92 Å². The second-order valence-corrected chi connectivity index (χ2v) is 6.69. The highest BCUT2D eigenvalue weighted by Crippen LogP contribution is 2.48. The van der Waals surface area contributed by atoms with E-state index < -0.39 is 35.5 Å². The minimum Gasteiger partial charge on any atom is -0.479 e. The summed E-state index contributed by atoms with van der Waals surface area (Å²) in [7, 11) is 0. The molecule has 0 aromatic heterocycles. The highest BCUT2D eigenvalue weighted by atomic mass is 19.2. The van der Waals surface area contributed by atoms with E-state index in [0.717, 1.165) is 23.3 Å². The molecule has 1 fully saturated rings. The van der Waals surface area contributed by atoms with Crippen molar-refractivity contribution in [1.82, 2.24) is 5.32 Å². The van der Waals surface area contributed by atoms with Crippen molar-refractivity contribution < 1.29 is 23.5 Å². The molecule has 3 unspecified atom stereocenters. The van der Waals surface area contributed by atoms with Gasteiger partial charge in [-0.2, -0.15) is 0 Å². The number of aliphatic carboxylic acids is 1. The fourth-order valence-corrected chi connectivity index (χ4v) is 3.20. The number of hydrogen-bond acceptors (Lipinski definition) is 2. The summed E-state index contributed by atoms with van der Waals surface area (Å²) in [6.07, 6.45) is 0.482. The van der Waals surface area contributed by atoms with Crippen molar-refractivity contribution in [3.05, 3.63) is 70.3 Å². The molecule has 1 amide bonds. The van der Waals surface area contributed by atoms with Gasteiger partial charge in [0.25, 0.3) is 0 Å². The lowest BCUT2D eigenvalue weighted by atomic mass is 9.97. The third-order valence-corrected chi connectivity index (χ3v) is 4.99. The predicted octanol–water partition coefficient (Wildman–Crippen LogP) is 3.63. The molecular formula is C20H19F2NO3. The smallest absolute Gasteiger partial charge is 0.330 e. The number of nitrogens with one attached hydrogen (secondary N) is 1. The maximum absolute atomic E-state index is 13.4. The minimum absolute atomic E-state index is 0.224. The first-order valence-corrected chi connectivity index (χ1v) is 8.34. The number of amides is 1. The minimum atomic E-state index is -1.14. The van der Waals surface area contributed by atoms with Crippen molar-refractivity contribution in [1.29, 1.82) is 0 Å². The average Bonchev–Trinajstić information content (AvgIpc) is 3.38. The van der Waals surface area contributed by atoms with Crippen LogP contribution in [-0.2, 0) is 9.59 Å². The van der Waals surface area contributed by atoms with Crippen molar-refractivity contribution in [3.8, 4) is 0 Å². The Labute approximate surface area is 149 Å². The maximum Gasteiger partial charge on any atom is 0.330 e. The van der Waals surface area contributed by atoms with Crippen molar-refractivity contribution in [2.24, 2.45) is 5.92 Å². The van der Waals surface area contributed by atoms with Gasteiger partial charge >= 0.3 is 5.97 Å². The van der Waals surface area contributed by atoms with Crippen LogP contribution in [0.5, 0.6) is 0 Å². The zero-order valence-corrected chi connectivity index (χ0v) is 14.4. The Morgan fingerprint density at radius 3 is 2.54 bits per heavy atom. The Balaban J connectivity index is 1.75. The molecule has 0 spiro atoms. The summed E-state index contributed by atoms with van der Waals surface area (Å²) in [5, 5.41) is 12.1. The van der Waals surface area contributed by atoms with Gasteiger partial charge < -0.3 is 10.4 Å². The second-order valence-electron chi connectivity index (χ2n) is 6.69. The first kappa shape index (κ1) is 18.0. The van der Waals surface area contributed by atoms with Gasteiger partial charge in [0.15, 0.2) is 17.7 Å². The van der Waals surface area contributed by atoms with Crippen LogP contribution in [0, 0.1) is 31.4 Å². The molecule has 0 aliphatic heterocycles. The number of aryl methyl sites for hydroxylation is 1. The van der Waals surface area contributed by atoms with Crippen LogP contribution in [0.1, 0.15) is 40.6 Å². The molecule has 6 heteroatoms. The van der Waals surface area contributed by atoms with Crippen LogP contribution in [0.3, 0.4) is 0 Å². The molecule has 2 aromatic rings. The average molecular weight is 359 g/mol. The van der Waals surface area contributed by atoms with Gasteiger partial charge in [-0.05, 0) is 60.6 Å². The topological polar surface area (TPSA) is 66.4 Å². The lowest BCUT2D eigenvalue weighted by Gasteiger charge is -2.18. The van der Waals surface area contributed by atoms with Crippen molar-refractivity contribution in [2.45, 2.75) is 32.2 Å². The standard InChI is InChI=1S/C20H19F2NO3/c1-10-4-3-5-13(11(10)2)18(20(25)26)23-19(24)15-9-14(15)12-6-7-16(21)17(22)8-12/h3-8,14-15,18H,9H2,1-2H3,(H,23,24)(H,25,26). The first-order valence-electron chi connectivity index (χ1n) is 8.34. The van der Waals surface area contributed by atoms with Gasteiger partial charge in [0.2, 0.25) is 5.91 Å². The summed E-state index contributed by atoms with van der Waals surface area (Å²) in [5.74, 6) is -4.08. The quantitative estimate of drug-likeness (QED) is 0.857. The third kappa shape index (κ3) is 3.45. The van der Waals surface area contributed by atoms with Gasteiger partial charge in [0.05, 0.1) is 0 Å². The third-order valence-electron chi connectivity index (χ3n) is 4.99. The molecule has 3 rings (SSSR count). The lowest BCUT2D eigenvalue weighted by molar-refractivity contribution is -0.142. The number of benzene rings is 2. The maximum atomic E-state index is 13.4.